The molecule has 27 heavy (non-hydrogen) atoms. The molecule has 1 aliphatic heterocycles. The number of likely N-dealkylation sites (N-methyl/N-ethyl adjacent to an activating group) is 1. The molecule has 0 aromatic heterocycles. The van der Waals surface area contributed by atoms with E-state index in [1.807, 2.05) is 23.1 Å². The number of amides is 1. The monoisotopic (exact) mass is 370 g/mol. The van der Waals surface area contributed by atoms with Gasteiger partial charge in [0.25, 0.3) is 5.91 Å². The van der Waals surface area contributed by atoms with Crippen molar-refractivity contribution in [3.05, 3.63) is 53.6 Å². The SMILES string of the molecule is COc1cc(C(=O)N2CCN(C)C(c3ccccc3)C2)cc(OC)c1OC. The van der Waals surface area contributed by atoms with Crippen molar-refractivity contribution < 1.29 is 19.0 Å². The van der Waals surface area contributed by atoms with Gasteiger partial charge in [0.15, 0.2) is 11.5 Å². The van der Waals surface area contributed by atoms with Crippen LogP contribution in [0.25, 0.3) is 0 Å². The standard InChI is InChI=1S/C21H26N2O4/c1-22-10-11-23(14-17(22)15-8-6-5-7-9-15)21(24)16-12-18(25-2)20(27-4)19(13-16)26-3/h5-9,12-13,17H,10-11,14H2,1-4H3. The summed E-state index contributed by atoms with van der Waals surface area (Å²) in [6.45, 7) is 2.13. The number of rotatable bonds is 5. The minimum atomic E-state index is -0.0386. The van der Waals surface area contributed by atoms with E-state index >= 15 is 0 Å². The van der Waals surface area contributed by atoms with Crippen LogP contribution < -0.4 is 14.2 Å². The van der Waals surface area contributed by atoms with Gasteiger partial charge in [-0.1, -0.05) is 30.3 Å². The Balaban J connectivity index is 1.87. The molecule has 0 N–H and O–H groups in total. The fourth-order valence-corrected chi connectivity index (χ4v) is 3.48. The van der Waals surface area contributed by atoms with Gasteiger partial charge in [-0.05, 0) is 24.7 Å². The number of ether oxygens (including phenoxy) is 3. The maximum absolute atomic E-state index is 13.2. The van der Waals surface area contributed by atoms with E-state index in [0.29, 0.717) is 35.9 Å². The molecule has 0 saturated carbocycles. The van der Waals surface area contributed by atoms with Crippen molar-refractivity contribution in [3.8, 4) is 17.2 Å². The van der Waals surface area contributed by atoms with Gasteiger partial charge in [-0.25, -0.2) is 0 Å². The average molecular weight is 370 g/mol. The van der Waals surface area contributed by atoms with E-state index in [0.717, 1.165) is 6.54 Å². The third-order valence-electron chi connectivity index (χ3n) is 5.03. The lowest BCUT2D eigenvalue weighted by molar-refractivity contribution is 0.0545. The van der Waals surface area contributed by atoms with Gasteiger partial charge in [-0.3, -0.25) is 9.69 Å². The Morgan fingerprint density at radius 2 is 1.59 bits per heavy atom. The Bertz CT molecular complexity index is 769. The first kappa shape index (κ1) is 19.0. The third kappa shape index (κ3) is 3.85. The lowest BCUT2D eigenvalue weighted by atomic mass is 10.0. The molecule has 0 bridgehead atoms. The highest BCUT2D eigenvalue weighted by atomic mass is 16.5. The highest BCUT2D eigenvalue weighted by Crippen LogP contribution is 2.38. The minimum Gasteiger partial charge on any atom is -0.493 e. The zero-order chi connectivity index (χ0) is 19.4. The lowest BCUT2D eigenvalue weighted by Gasteiger charge is -2.39. The summed E-state index contributed by atoms with van der Waals surface area (Å²) in [6, 6.07) is 13.9. The van der Waals surface area contributed by atoms with Crippen LogP contribution in [0.3, 0.4) is 0 Å². The highest BCUT2D eigenvalue weighted by Gasteiger charge is 2.30. The first-order chi connectivity index (χ1) is 13.1. The summed E-state index contributed by atoms with van der Waals surface area (Å²) in [5.41, 5.74) is 1.74. The van der Waals surface area contributed by atoms with Gasteiger partial charge in [-0.2, -0.15) is 0 Å². The minimum absolute atomic E-state index is 0.0386. The van der Waals surface area contributed by atoms with Crippen molar-refractivity contribution in [1.29, 1.82) is 0 Å². The summed E-state index contributed by atoms with van der Waals surface area (Å²) in [5.74, 6) is 1.41. The van der Waals surface area contributed by atoms with E-state index in [2.05, 4.69) is 24.1 Å². The molecule has 1 aliphatic rings. The summed E-state index contributed by atoms with van der Waals surface area (Å²) in [5, 5.41) is 0. The molecular weight excluding hydrogens is 344 g/mol. The molecule has 6 nitrogen and oxygen atoms in total. The molecule has 0 aliphatic carbocycles. The predicted molar refractivity (Wildman–Crippen MR) is 104 cm³/mol. The molecule has 1 atom stereocenters. The number of carbonyl (C=O) groups is 1. The van der Waals surface area contributed by atoms with E-state index in [4.69, 9.17) is 14.2 Å². The largest absolute Gasteiger partial charge is 0.493 e. The fourth-order valence-electron chi connectivity index (χ4n) is 3.48. The molecule has 2 aromatic rings. The molecule has 1 fully saturated rings. The van der Waals surface area contributed by atoms with Crippen LogP contribution in [0.5, 0.6) is 17.2 Å². The summed E-state index contributed by atoms with van der Waals surface area (Å²) in [6.07, 6.45) is 0. The van der Waals surface area contributed by atoms with Gasteiger partial charge >= 0.3 is 0 Å². The Morgan fingerprint density at radius 3 is 2.15 bits per heavy atom. The fraction of sp³-hybridized carbons (Fsp3) is 0.381. The van der Waals surface area contributed by atoms with Gasteiger partial charge in [0.1, 0.15) is 0 Å². The smallest absolute Gasteiger partial charge is 0.254 e. The summed E-state index contributed by atoms with van der Waals surface area (Å²) in [4.78, 5) is 17.3. The van der Waals surface area contributed by atoms with Crippen molar-refractivity contribution in [2.45, 2.75) is 6.04 Å². The molecule has 3 rings (SSSR count). The second-order valence-corrected chi connectivity index (χ2v) is 6.57. The Kier molecular flexibility index (Phi) is 5.86. The van der Waals surface area contributed by atoms with Crippen molar-refractivity contribution in [2.24, 2.45) is 0 Å². The van der Waals surface area contributed by atoms with Crippen LogP contribution in [0.4, 0.5) is 0 Å². The van der Waals surface area contributed by atoms with Crippen molar-refractivity contribution >= 4 is 5.91 Å². The van der Waals surface area contributed by atoms with Crippen LogP contribution in [-0.2, 0) is 0 Å². The number of hydrogen-bond donors (Lipinski definition) is 0. The number of nitrogens with zero attached hydrogens (tertiary/aromatic N) is 2. The summed E-state index contributed by atoms with van der Waals surface area (Å²) < 4.78 is 16.1. The number of carbonyl (C=O) groups excluding carboxylic acids is 1. The predicted octanol–water partition coefficient (Wildman–Crippen LogP) is 2.84. The number of piperazine rings is 1. The lowest BCUT2D eigenvalue weighted by Crippen LogP contribution is -2.49. The number of hydrogen-bond acceptors (Lipinski definition) is 5. The second-order valence-electron chi connectivity index (χ2n) is 6.57. The topological polar surface area (TPSA) is 51.2 Å². The van der Waals surface area contributed by atoms with E-state index in [1.54, 1.807) is 33.5 Å². The summed E-state index contributed by atoms with van der Waals surface area (Å²) >= 11 is 0. The molecule has 1 unspecified atom stereocenters. The quantitative estimate of drug-likeness (QED) is 0.810. The molecule has 2 aromatic carbocycles. The molecule has 0 spiro atoms. The van der Waals surface area contributed by atoms with Gasteiger partial charge < -0.3 is 19.1 Å². The third-order valence-corrected chi connectivity index (χ3v) is 5.03. The Hall–Kier alpha value is -2.73. The van der Waals surface area contributed by atoms with Crippen LogP contribution in [-0.4, -0.2) is 63.7 Å². The van der Waals surface area contributed by atoms with Crippen molar-refractivity contribution in [2.75, 3.05) is 48.0 Å². The molecule has 1 saturated heterocycles. The van der Waals surface area contributed by atoms with Crippen LogP contribution in [0.1, 0.15) is 22.0 Å². The maximum atomic E-state index is 13.2. The van der Waals surface area contributed by atoms with Crippen molar-refractivity contribution in [1.82, 2.24) is 9.80 Å². The number of benzene rings is 2. The van der Waals surface area contributed by atoms with E-state index in [9.17, 15) is 4.79 Å². The zero-order valence-corrected chi connectivity index (χ0v) is 16.3. The first-order valence-corrected chi connectivity index (χ1v) is 8.93. The molecule has 6 heteroatoms. The van der Waals surface area contributed by atoms with Gasteiger partial charge in [0.05, 0.1) is 27.4 Å². The van der Waals surface area contributed by atoms with Crippen LogP contribution >= 0.6 is 0 Å². The summed E-state index contributed by atoms with van der Waals surface area (Å²) in [7, 11) is 6.74. The molecular formula is C21H26N2O4. The van der Waals surface area contributed by atoms with E-state index in [-0.39, 0.29) is 11.9 Å². The zero-order valence-electron chi connectivity index (χ0n) is 16.3. The van der Waals surface area contributed by atoms with Crippen LogP contribution in [0.2, 0.25) is 0 Å². The van der Waals surface area contributed by atoms with E-state index < -0.39 is 0 Å². The Labute approximate surface area is 160 Å². The Morgan fingerprint density at radius 1 is 0.963 bits per heavy atom. The molecule has 1 heterocycles. The second kappa shape index (κ2) is 8.31. The van der Waals surface area contributed by atoms with Gasteiger partial charge in [0, 0.05) is 25.2 Å². The van der Waals surface area contributed by atoms with E-state index in [1.165, 1.54) is 5.56 Å². The highest BCUT2D eigenvalue weighted by molar-refractivity contribution is 5.95. The molecule has 0 radical (unpaired) electrons. The first-order valence-electron chi connectivity index (χ1n) is 8.93. The number of methoxy groups -OCH3 is 3. The van der Waals surface area contributed by atoms with Gasteiger partial charge in [-0.15, -0.1) is 0 Å². The maximum Gasteiger partial charge on any atom is 0.254 e. The normalized spacial score (nSPS) is 17.5. The molecule has 1 amide bonds. The van der Waals surface area contributed by atoms with Crippen LogP contribution in [0, 0.1) is 0 Å². The van der Waals surface area contributed by atoms with Gasteiger partial charge in [0.2, 0.25) is 5.75 Å². The average Bonchev–Trinajstić information content (AvgIpc) is 2.73. The van der Waals surface area contributed by atoms with Crippen LogP contribution in [0.15, 0.2) is 42.5 Å². The molecule has 144 valence electrons. The van der Waals surface area contributed by atoms with Crippen molar-refractivity contribution in [3.63, 3.8) is 0 Å².